The SMILES string of the molecule is CCCNC1CCc2cc(OCc3ccn(C)n3)ccc21. The van der Waals surface area contributed by atoms with Gasteiger partial charge in [-0.2, -0.15) is 5.10 Å². The van der Waals surface area contributed by atoms with Gasteiger partial charge < -0.3 is 10.1 Å². The minimum Gasteiger partial charge on any atom is -0.487 e. The zero-order valence-electron chi connectivity index (χ0n) is 12.8. The van der Waals surface area contributed by atoms with Crippen LogP contribution in [0.3, 0.4) is 0 Å². The molecule has 0 bridgehead atoms. The molecule has 0 amide bonds. The summed E-state index contributed by atoms with van der Waals surface area (Å²) in [7, 11) is 1.92. The van der Waals surface area contributed by atoms with Crippen molar-refractivity contribution in [1.82, 2.24) is 15.1 Å². The molecule has 0 aliphatic heterocycles. The van der Waals surface area contributed by atoms with Gasteiger partial charge in [0.15, 0.2) is 0 Å². The molecule has 112 valence electrons. The first kappa shape index (κ1) is 14.1. The highest BCUT2D eigenvalue weighted by Crippen LogP contribution is 2.33. The van der Waals surface area contributed by atoms with Gasteiger partial charge in [0.1, 0.15) is 12.4 Å². The summed E-state index contributed by atoms with van der Waals surface area (Å²) < 4.78 is 7.65. The van der Waals surface area contributed by atoms with E-state index in [0.29, 0.717) is 12.6 Å². The van der Waals surface area contributed by atoms with Crippen molar-refractivity contribution < 1.29 is 4.74 Å². The van der Waals surface area contributed by atoms with Crippen LogP contribution >= 0.6 is 0 Å². The van der Waals surface area contributed by atoms with Crippen molar-refractivity contribution in [3.05, 3.63) is 47.3 Å². The number of aryl methyl sites for hydroxylation is 2. The van der Waals surface area contributed by atoms with Crippen molar-refractivity contribution in [3.8, 4) is 5.75 Å². The molecule has 0 saturated heterocycles. The molecule has 1 aliphatic carbocycles. The van der Waals surface area contributed by atoms with E-state index < -0.39 is 0 Å². The predicted molar refractivity (Wildman–Crippen MR) is 83.3 cm³/mol. The third-order valence-electron chi connectivity index (χ3n) is 3.99. The number of rotatable bonds is 6. The first-order valence-electron chi connectivity index (χ1n) is 7.74. The Morgan fingerprint density at radius 3 is 3.05 bits per heavy atom. The highest BCUT2D eigenvalue weighted by atomic mass is 16.5. The second-order valence-electron chi connectivity index (χ2n) is 5.68. The molecule has 3 rings (SSSR count). The predicted octanol–water partition coefficient (Wildman–Crippen LogP) is 2.99. The fourth-order valence-corrected chi connectivity index (χ4v) is 2.91. The lowest BCUT2D eigenvalue weighted by Gasteiger charge is -2.13. The summed E-state index contributed by atoms with van der Waals surface area (Å²) in [5.41, 5.74) is 3.82. The van der Waals surface area contributed by atoms with E-state index in [0.717, 1.165) is 24.4 Å². The van der Waals surface area contributed by atoms with Crippen LogP contribution in [-0.4, -0.2) is 16.3 Å². The summed E-state index contributed by atoms with van der Waals surface area (Å²) >= 11 is 0. The van der Waals surface area contributed by atoms with Crippen LogP contribution in [0.2, 0.25) is 0 Å². The summed E-state index contributed by atoms with van der Waals surface area (Å²) in [5, 5.41) is 7.94. The second kappa shape index (κ2) is 6.31. The topological polar surface area (TPSA) is 39.1 Å². The highest BCUT2D eigenvalue weighted by Gasteiger charge is 2.21. The maximum atomic E-state index is 5.85. The Morgan fingerprint density at radius 1 is 1.38 bits per heavy atom. The van der Waals surface area contributed by atoms with Gasteiger partial charge in [-0.15, -0.1) is 0 Å². The fourth-order valence-electron chi connectivity index (χ4n) is 2.91. The Kier molecular flexibility index (Phi) is 4.25. The molecule has 21 heavy (non-hydrogen) atoms. The minimum absolute atomic E-state index is 0.518. The van der Waals surface area contributed by atoms with E-state index in [1.54, 1.807) is 4.68 Å². The molecule has 4 heteroatoms. The van der Waals surface area contributed by atoms with Crippen LogP contribution in [-0.2, 0) is 20.1 Å². The van der Waals surface area contributed by atoms with Gasteiger partial charge in [0.05, 0.1) is 5.69 Å². The molecular formula is C17H23N3O. The van der Waals surface area contributed by atoms with Gasteiger partial charge >= 0.3 is 0 Å². The van der Waals surface area contributed by atoms with Gasteiger partial charge in [-0.25, -0.2) is 0 Å². The van der Waals surface area contributed by atoms with Crippen molar-refractivity contribution >= 4 is 0 Å². The molecule has 0 saturated carbocycles. The first-order valence-corrected chi connectivity index (χ1v) is 7.74. The molecule has 0 fully saturated rings. The van der Waals surface area contributed by atoms with E-state index in [-0.39, 0.29) is 0 Å². The number of aromatic nitrogens is 2. The molecule has 1 aliphatic rings. The van der Waals surface area contributed by atoms with Crippen LogP contribution in [0.1, 0.15) is 42.6 Å². The number of hydrogen-bond donors (Lipinski definition) is 1. The van der Waals surface area contributed by atoms with Crippen molar-refractivity contribution in [2.75, 3.05) is 6.54 Å². The lowest BCUT2D eigenvalue weighted by Crippen LogP contribution is -2.19. The molecular weight excluding hydrogens is 262 g/mol. The zero-order chi connectivity index (χ0) is 14.7. The van der Waals surface area contributed by atoms with E-state index in [1.165, 1.54) is 24.0 Å². The summed E-state index contributed by atoms with van der Waals surface area (Å²) in [6.07, 6.45) is 5.44. The molecule has 1 unspecified atom stereocenters. The first-order chi connectivity index (χ1) is 10.3. The Balaban J connectivity index is 1.64. The average Bonchev–Trinajstić information content (AvgIpc) is 3.09. The Morgan fingerprint density at radius 2 is 2.29 bits per heavy atom. The maximum Gasteiger partial charge on any atom is 0.132 e. The lowest BCUT2D eigenvalue weighted by atomic mass is 10.1. The molecule has 1 aromatic heterocycles. The number of hydrogen-bond acceptors (Lipinski definition) is 3. The molecule has 4 nitrogen and oxygen atoms in total. The van der Waals surface area contributed by atoms with Gasteiger partial charge in [0.2, 0.25) is 0 Å². The van der Waals surface area contributed by atoms with Gasteiger partial charge in [0, 0.05) is 19.3 Å². The van der Waals surface area contributed by atoms with Crippen molar-refractivity contribution in [1.29, 1.82) is 0 Å². The van der Waals surface area contributed by atoms with Crippen molar-refractivity contribution in [3.63, 3.8) is 0 Å². The second-order valence-corrected chi connectivity index (χ2v) is 5.68. The average molecular weight is 285 g/mol. The van der Waals surface area contributed by atoms with E-state index in [9.17, 15) is 0 Å². The van der Waals surface area contributed by atoms with E-state index in [2.05, 4.69) is 35.5 Å². The van der Waals surface area contributed by atoms with Crippen LogP contribution in [0.4, 0.5) is 0 Å². The number of nitrogens with zero attached hydrogens (tertiary/aromatic N) is 2. The van der Waals surface area contributed by atoms with Gasteiger partial charge in [-0.3, -0.25) is 4.68 Å². The van der Waals surface area contributed by atoms with Crippen molar-refractivity contribution in [2.24, 2.45) is 7.05 Å². The maximum absolute atomic E-state index is 5.85. The van der Waals surface area contributed by atoms with Gasteiger partial charge in [-0.1, -0.05) is 13.0 Å². The number of nitrogens with one attached hydrogen (secondary N) is 1. The lowest BCUT2D eigenvalue weighted by molar-refractivity contribution is 0.299. The Bertz CT molecular complexity index is 606. The summed E-state index contributed by atoms with van der Waals surface area (Å²) in [5.74, 6) is 0.940. The fraction of sp³-hybridized carbons (Fsp3) is 0.471. The largest absolute Gasteiger partial charge is 0.487 e. The molecule has 1 heterocycles. The number of benzene rings is 1. The van der Waals surface area contributed by atoms with Crippen LogP contribution in [0.25, 0.3) is 0 Å². The smallest absolute Gasteiger partial charge is 0.132 e. The van der Waals surface area contributed by atoms with E-state index in [1.807, 2.05) is 19.3 Å². The van der Waals surface area contributed by atoms with Crippen LogP contribution in [0.5, 0.6) is 5.75 Å². The molecule has 1 N–H and O–H groups in total. The molecule has 0 radical (unpaired) electrons. The van der Waals surface area contributed by atoms with E-state index >= 15 is 0 Å². The van der Waals surface area contributed by atoms with Crippen LogP contribution in [0, 0.1) is 0 Å². The van der Waals surface area contributed by atoms with Crippen molar-refractivity contribution in [2.45, 2.75) is 38.8 Å². The van der Waals surface area contributed by atoms with Crippen LogP contribution in [0.15, 0.2) is 30.5 Å². The number of fused-ring (bicyclic) bond motifs is 1. The Labute approximate surface area is 126 Å². The minimum atomic E-state index is 0.518. The van der Waals surface area contributed by atoms with E-state index in [4.69, 9.17) is 4.74 Å². The molecule has 1 aromatic carbocycles. The zero-order valence-corrected chi connectivity index (χ0v) is 12.8. The summed E-state index contributed by atoms with van der Waals surface area (Å²) in [4.78, 5) is 0. The third kappa shape index (κ3) is 3.27. The molecule has 0 spiro atoms. The van der Waals surface area contributed by atoms with Gasteiger partial charge in [0.25, 0.3) is 0 Å². The standard InChI is InChI=1S/C17H23N3O/c1-3-9-18-17-7-4-13-11-15(5-6-16(13)17)21-12-14-8-10-20(2)19-14/h5-6,8,10-11,17-18H,3-4,7,9,12H2,1-2H3. The quantitative estimate of drug-likeness (QED) is 0.887. The summed E-state index contributed by atoms with van der Waals surface area (Å²) in [6.45, 7) is 3.82. The normalized spacial score (nSPS) is 17.0. The molecule has 2 aromatic rings. The summed E-state index contributed by atoms with van der Waals surface area (Å²) in [6, 6.07) is 8.98. The van der Waals surface area contributed by atoms with Gasteiger partial charge in [-0.05, 0) is 55.1 Å². The Hall–Kier alpha value is -1.81. The van der Waals surface area contributed by atoms with Crippen LogP contribution < -0.4 is 10.1 Å². The number of ether oxygens (including phenoxy) is 1. The third-order valence-corrected chi connectivity index (χ3v) is 3.99. The highest BCUT2D eigenvalue weighted by molar-refractivity contribution is 5.40. The monoisotopic (exact) mass is 285 g/mol. The molecule has 1 atom stereocenters.